The number of fused-ring (bicyclic) bond motifs is 1. The molecule has 0 bridgehead atoms. The molecule has 1 saturated heterocycles. The Morgan fingerprint density at radius 1 is 1.12 bits per heavy atom. The number of hydrogen-bond acceptors (Lipinski definition) is 6. The summed E-state index contributed by atoms with van der Waals surface area (Å²) in [5, 5.41) is 13.8. The van der Waals surface area contributed by atoms with Crippen LogP contribution in [0.15, 0.2) is 42.5 Å². The van der Waals surface area contributed by atoms with Crippen LogP contribution in [0.1, 0.15) is 23.1 Å². The topological polar surface area (TPSA) is 96.5 Å². The minimum atomic E-state index is -0.512. The summed E-state index contributed by atoms with van der Waals surface area (Å²) >= 11 is 0. The molecule has 1 amide bonds. The first-order chi connectivity index (χ1) is 15.4. The second-order valence-corrected chi connectivity index (χ2v) is 8.08. The number of amides is 1. The number of carbonyl (C=O) groups excluding carboxylic acids is 1. The van der Waals surface area contributed by atoms with E-state index in [1.165, 1.54) is 18.2 Å². The number of aryl methyl sites for hydroxylation is 1. The minimum absolute atomic E-state index is 0.112. The molecular formula is C23H28N6O3. The highest BCUT2D eigenvalue weighted by molar-refractivity contribution is 6.05. The highest BCUT2D eigenvalue weighted by Crippen LogP contribution is 2.21. The van der Waals surface area contributed by atoms with Gasteiger partial charge in [-0.25, -0.2) is 4.98 Å². The summed E-state index contributed by atoms with van der Waals surface area (Å²) in [5.41, 5.74) is 2.55. The lowest BCUT2D eigenvalue weighted by molar-refractivity contribution is -0.384. The fourth-order valence-corrected chi connectivity index (χ4v) is 4.10. The number of piperazine rings is 1. The van der Waals surface area contributed by atoms with Crippen molar-refractivity contribution in [3.63, 3.8) is 0 Å². The summed E-state index contributed by atoms with van der Waals surface area (Å²) in [6.45, 7) is 8.70. The third kappa shape index (κ3) is 4.79. The third-order valence-electron chi connectivity index (χ3n) is 6.11. The van der Waals surface area contributed by atoms with Crippen LogP contribution in [0.3, 0.4) is 0 Å². The van der Waals surface area contributed by atoms with Crippen LogP contribution in [0.4, 0.5) is 11.4 Å². The second-order valence-electron chi connectivity index (χ2n) is 8.08. The maximum absolute atomic E-state index is 12.6. The molecule has 1 aliphatic rings. The number of imidazole rings is 1. The minimum Gasteiger partial charge on any atom is -0.331 e. The molecule has 0 saturated carbocycles. The van der Waals surface area contributed by atoms with Gasteiger partial charge in [0.2, 0.25) is 0 Å². The van der Waals surface area contributed by atoms with Gasteiger partial charge >= 0.3 is 0 Å². The second kappa shape index (κ2) is 9.46. The molecule has 0 atom stereocenters. The van der Waals surface area contributed by atoms with Gasteiger partial charge < -0.3 is 19.7 Å². The zero-order valence-corrected chi connectivity index (χ0v) is 18.5. The number of anilines is 1. The number of nitrogens with zero attached hydrogens (tertiary/aromatic N) is 5. The summed E-state index contributed by atoms with van der Waals surface area (Å²) in [5.74, 6) is 0.621. The van der Waals surface area contributed by atoms with E-state index in [1.54, 1.807) is 6.07 Å². The molecule has 0 aliphatic carbocycles. The van der Waals surface area contributed by atoms with Crippen LogP contribution in [0.5, 0.6) is 0 Å². The molecule has 9 heteroatoms. The average Bonchev–Trinajstić information content (AvgIpc) is 3.12. The molecule has 3 aromatic rings. The molecule has 0 spiro atoms. The van der Waals surface area contributed by atoms with Gasteiger partial charge in [-0.1, -0.05) is 13.0 Å². The number of carbonyl (C=O) groups is 1. The Labute approximate surface area is 186 Å². The lowest BCUT2D eigenvalue weighted by Crippen LogP contribution is -2.46. The van der Waals surface area contributed by atoms with Crippen LogP contribution in [0.2, 0.25) is 0 Å². The molecule has 32 heavy (non-hydrogen) atoms. The number of nitrogens with one attached hydrogen (secondary N) is 1. The molecule has 168 valence electrons. The highest BCUT2D eigenvalue weighted by Gasteiger charge is 2.17. The average molecular weight is 437 g/mol. The molecule has 1 N–H and O–H groups in total. The van der Waals surface area contributed by atoms with E-state index in [9.17, 15) is 14.9 Å². The molecule has 2 aromatic carbocycles. The fourth-order valence-electron chi connectivity index (χ4n) is 4.10. The van der Waals surface area contributed by atoms with Crippen molar-refractivity contribution in [3.05, 3.63) is 64.0 Å². The Hall–Kier alpha value is -3.30. The van der Waals surface area contributed by atoms with Crippen molar-refractivity contribution in [2.24, 2.45) is 7.05 Å². The van der Waals surface area contributed by atoms with Crippen LogP contribution in [0.25, 0.3) is 11.0 Å². The van der Waals surface area contributed by atoms with Crippen molar-refractivity contribution in [3.8, 4) is 0 Å². The van der Waals surface area contributed by atoms with Crippen LogP contribution < -0.4 is 5.32 Å². The van der Waals surface area contributed by atoms with Crippen molar-refractivity contribution >= 4 is 28.3 Å². The van der Waals surface area contributed by atoms with E-state index in [4.69, 9.17) is 4.98 Å². The zero-order chi connectivity index (χ0) is 22.7. The Morgan fingerprint density at radius 3 is 2.59 bits per heavy atom. The molecule has 1 aliphatic heterocycles. The SMILES string of the molecule is CCN1CCN(CCc2nc3cc(NC(=O)c4cccc([N+](=O)[O-])c4)ccc3n2C)CC1. The van der Waals surface area contributed by atoms with E-state index in [0.717, 1.165) is 62.5 Å². The molecule has 0 unspecified atom stereocenters. The first kappa shape index (κ1) is 21.9. The van der Waals surface area contributed by atoms with Gasteiger partial charge in [0, 0.05) is 69.6 Å². The van der Waals surface area contributed by atoms with Gasteiger partial charge in [0.05, 0.1) is 16.0 Å². The number of non-ortho nitro benzene ring substituents is 1. The number of rotatable bonds is 7. The van der Waals surface area contributed by atoms with Gasteiger partial charge in [-0.15, -0.1) is 0 Å². The third-order valence-corrected chi connectivity index (χ3v) is 6.11. The molecule has 1 fully saturated rings. The van der Waals surface area contributed by atoms with Gasteiger partial charge in [0.1, 0.15) is 5.82 Å². The van der Waals surface area contributed by atoms with Crippen molar-refractivity contribution in [1.82, 2.24) is 19.4 Å². The quantitative estimate of drug-likeness (QED) is 0.452. The van der Waals surface area contributed by atoms with Crippen LogP contribution in [-0.2, 0) is 13.5 Å². The summed E-state index contributed by atoms with van der Waals surface area (Å²) in [6.07, 6.45) is 0.868. The Balaban J connectivity index is 1.43. The Morgan fingerprint density at radius 2 is 1.88 bits per heavy atom. The van der Waals surface area contributed by atoms with Crippen LogP contribution in [0, 0.1) is 10.1 Å². The maximum Gasteiger partial charge on any atom is 0.270 e. The largest absolute Gasteiger partial charge is 0.331 e. The van der Waals surface area contributed by atoms with Crippen molar-refractivity contribution in [2.75, 3.05) is 44.6 Å². The van der Waals surface area contributed by atoms with Gasteiger partial charge in [-0.05, 0) is 30.8 Å². The van der Waals surface area contributed by atoms with E-state index in [1.807, 2.05) is 25.2 Å². The Bertz CT molecular complexity index is 1130. The molecule has 4 rings (SSSR count). The Kier molecular flexibility index (Phi) is 6.48. The summed E-state index contributed by atoms with van der Waals surface area (Å²) in [7, 11) is 2.01. The number of nitro benzene ring substituents is 1. The monoisotopic (exact) mass is 436 g/mol. The van der Waals surface area contributed by atoms with E-state index >= 15 is 0 Å². The maximum atomic E-state index is 12.6. The predicted molar refractivity (Wildman–Crippen MR) is 124 cm³/mol. The van der Waals surface area contributed by atoms with Crippen molar-refractivity contribution < 1.29 is 9.72 Å². The summed E-state index contributed by atoms with van der Waals surface area (Å²) in [4.78, 5) is 32.7. The van der Waals surface area contributed by atoms with Crippen LogP contribution >= 0.6 is 0 Å². The fraction of sp³-hybridized carbons (Fsp3) is 0.391. The predicted octanol–water partition coefficient (Wildman–Crippen LogP) is 2.91. The highest BCUT2D eigenvalue weighted by atomic mass is 16.6. The van der Waals surface area contributed by atoms with Gasteiger partial charge in [0.25, 0.3) is 11.6 Å². The number of benzene rings is 2. The van der Waals surface area contributed by atoms with Crippen LogP contribution in [-0.4, -0.2) is 69.4 Å². The van der Waals surface area contributed by atoms with Crippen molar-refractivity contribution in [1.29, 1.82) is 0 Å². The van der Waals surface area contributed by atoms with E-state index < -0.39 is 10.8 Å². The molecule has 0 radical (unpaired) electrons. The van der Waals surface area contributed by atoms with E-state index in [0.29, 0.717) is 5.69 Å². The van der Waals surface area contributed by atoms with Gasteiger partial charge in [-0.3, -0.25) is 14.9 Å². The number of hydrogen-bond donors (Lipinski definition) is 1. The first-order valence-corrected chi connectivity index (χ1v) is 10.9. The molecule has 2 heterocycles. The number of aromatic nitrogens is 2. The smallest absolute Gasteiger partial charge is 0.270 e. The lowest BCUT2D eigenvalue weighted by atomic mass is 10.2. The first-order valence-electron chi connectivity index (χ1n) is 10.9. The van der Waals surface area contributed by atoms with Gasteiger partial charge in [0.15, 0.2) is 0 Å². The molecule has 1 aromatic heterocycles. The van der Waals surface area contributed by atoms with Crippen molar-refractivity contribution in [2.45, 2.75) is 13.3 Å². The molecule has 9 nitrogen and oxygen atoms in total. The molecular weight excluding hydrogens is 408 g/mol. The van der Waals surface area contributed by atoms with Gasteiger partial charge in [-0.2, -0.15) is 0 Å². The summed E-state index contributed by atoms with van der Waals surface area (Å²) < 4.78 is 2.10. The van der Waals surface area contributed by atoms with E-state index in [-0.39, 0.29) is 11.3 Å². The van der Waals surface area contributed by atoms with E-state index in [2.05, 4.69) is 26.6 Å². The standard InChI is InChI=1S/C23H28N6O3/c1-3-27-11-13-28(14-12-27)10-9-22-25-20-16-18(7-8-21(20)26(22)2)24-23(30)17-5-4-6-19(15-17)29(31)32/h4-8,15-16H,3,9-14H2,1-2H3,(H,24,30). The zero-order valence-electron chi connectivity index (χ0n) is 18.5. The lowest BCUT2D eigenvalue weighted by Gasteiger charge is -2.33. The number of nitro groups is 1. The summed E-state index contributed by atoms with van der Waals surface area (Å²) in [6, 6.07) is 11.3. The normalized spacial score (nSPS) is 15.2. The number of likely N-dealkylation sites (N-methyl/N-ethyl adjacent to an activating group) is 1.